The number of anilines is 1. The average molecular weight is 398 g/mol. The van der Waals surface area contributed by atoms with Crippen molar-refractivity contribution in [3.8, 4) is 0 Å². The Balaban J connectivity index is 1.40. The van der Waals surface area contributed by atoms with E-state index in [-0.39, 0.29) is 23.1 Å². The summed E-state index contributed by atoms with van der Waals surface area (Å²) in [7, 11) is 0. The molecule has 0 aromatic heterocycles. The molecule has 5 fully saturated rings. The van der Waals surface area contributed by atoms with Crippen molar-refractivity contribution in [2.75, 3.05) is 18.0 Å². The van der Waals surface area contributed by atoms with Crippen molar-refractivity contribution in [3.05, 3.63) is 33.9 Å². The van der Waals surface area contributed by atoms with E-state index < -0.39 is 4.92 Å². The monoisotopic (exact) mass is 397 g/mol. The normalized spacial score (nSPS) is 33.7. The fourth-order valence-electron chi connectivity index (χ4n) is 7.19. The van der Waals surface area contributed by atoms with Crippen LogP contribution in [0.25, 0.3) is 0 Å². The van der Waals surface area contributed by atoms with E-state index in [9.17, 15) is 14.9 Å². The molecule has 6 nitrogen and oxygen atoms in total. The van der Waals surface area contributed by atoms with Gasteiger partial charge in [0.2, 0.25) is 0 Å². The Morgan fingerprint density at radius 1 is 1.14 bits per heavy atom. The van der Waals surface area contributed by atoms with Gasteiger partial charge in [-0.05, 0) is 87.5 Å². The number of nitrogens with one attached hydrogen (secondary N) is 1. The molecule has 5 aliphatic rings. The van der Waals surface area contributed by atoms with Crippen LogP contribution in [0.3, 0.4) is 0 Å². The third-order valence-corrected chi connectivity index (χ3v) is 8.23. The third kappa shape index (κ3) is 3.30. The van der Waals surface area contributed by atoms with Crippen LogP contribution in [0.5, 0.6) is 0 Å². The van der Waals surface area contributed by atoms with E-state index in [0.717, 1.165) is 49.4 Å². The highest BCUT2D eigenvalue weighted by Crippen LogP contribution is 2.61. The summed E-state index contributed by atoms with van der Waals surface area (Å²) in [5.74, 6) is 2.34. The molecule has 6 heteroatoms. The number of hydrogen-bond acceptors (Lipinski definition) is 4. The molecular formula is C23H31N3O3. The number of carbonyl (C=O) groups excluding carboxylic acids is 1. The van der Waals surface area contributed by atoms with Gasteiger partial charge in [-0.1, -0.05) is 0 Å². The largest absolute Gasteiger partial charge is 0.371 e. The predicted molar refractivity (Wildman–Crippen MR) is 112 cm³/mol. The highest BCUT2D eigenvalue weighted by Gasteiger charge is 2.53. The van der Waals surface area contributed by atoms with Crippen molar-refractivity contribution in [3.63, 3.8) is 0 Å². The van der Waals surface area contributed by atoms with Crippen LogP contribution in [0, 0.1) is 33.3 Å². The lowest BCUT2D eigenvalue weighted by Gasteiger charge is -2.59. The van der Waals surface area contributed by atoms with Gasteiger partial charge in [0, 0.05) is 31.3 Å². The maximum Gasteiger partial charge on any atom is 0.270 e. The Bertz CT molecular complexity index is 795. The van der Waals surface area contributed by atoms with E-state index in [1.807, 2.05) is 0 Å². The lowest BCUT2D eigenvalue weighted by molar-refractivity contribution is -0.384. The maximum absolute atomic E-state index is 13.3. The fraction of sp³-hybridized carbons (Fsp3) is 0.696. The van der Waals surface area contributed by atoms with Gasteiger partial charge >= 0.3 is 0 Å². The molecule has 4 saturated carbocycles. The number of carbonyl (C=O) groups is 1. The van der Waals surface area contributed by atoms with E-state index >= 15 is 0 Å². The minimum atomic E-state index is -0.410. The molecule has 156 valence electrons. The summed E-state index contributed by atoms with van der Waals surface area (Å²) in [6, 6.07) is 4.85. The first-order valence-electron chi connectivity index (χ1n) is 11.3. The summed E-state index contributed by atoms with van der Waals surface area (Å²) in [5, 5.41) is 14.6. The lowest BCUT2D eigenvalue weighted by Crippen LogP contribution is -2.55. The molecule has 0 spiro atoms. The summed E-state index contributed by atoms with van der Waals surface area (Å²) < 4.78 is 0. The fourth-order valence-corrected chi connectivity index (χ4v) is 7.19. The summed E-state index contributed by atoms with van der Waals surface area (Å²) in [6.45, 7) is 3.98. The van der Waals surface area contributed by atoms with Gasteiger partial charge in [0.1, 0.15) is 0 Å². The standard InChI is InChI=1S/C23H31N3O3/c1-15(23-12-16-8-17(13-23)10-18(9-16)14-23)24-22(27)20-11-19(26(28)29)4-5-21(20)25-6-2-3-7-25/h4-5,11,15-18H,2-3,6-10,12-14H2,1H3,(H,24,27). The third-order valence-electron chi connectivity index (χ3n) is 8.23. The second-order valence-electron chi connectivity index (χ2n) is 10.1. The highest BCUT2D eigenvalue weighted by molar-refractivity contribution is 6.00. The zero-order valence-electron chi connectivity index (χ0n) is 17.2. The van der Waals surface area contributed by atoms with Crippen LogP contribution in [0.15, 0.2) is 18.2 Å². The predicted octanol–water partition coefficient (Wildman–Crippen LogP) is 4.53. The van der Waals surface area contributed by atoms with Crippen LogP contribution in [0.2, 0.25) is 0 Å². The Labute approximate surface area is 172 Å². The minimum Gasteiger partial charge on any atom is -0.371 e. The number of rotatable bonds is 5. The van der Waals surface area contributed by atoms with Gasteiger partial charge in [0.25, 0.3) is 11.6 Å². The van der Waals surface area contributed by atoms with Crippen LogP contribution in [0.1, 0.15) is 68.6 Å². The molecule has 1 aromatic carbocycles. The quantitative estimate of drug-likeness (QED) is 0.585. The Morgan fingerprint density at radius 3 is 2.28 bits per heavy atom. The molecule has 6 rings (SSSR count). The number of nitrogens with zero attached hydrogens (tertiary/aromatic N) is 2. The Hall–Kier alpha value is -2.11. The van der Waals surface area contributed by atoms with E-state index in [4.69, 9.17) is 0 Å². The molecule has 1 aliphatic heterocycles. The first kappa shape index (κ1) is 18.9. The van der Waals surface area contributed by atoms with Crippen LogP contribution in [-0.4, -0.2) is 30.0 Å². The molecule has 0 radical (unpaired) electrons. The highest BCUT2D eigenvalue weighted by atomic mass is 16.6. The molecule has 1 unspecified atom stereocenters. The molecule has 1 aromatic rings. The van der Waals surface area contributed by atoms with Crippen molar-refractivity contribution in [2.45, 2.75) is 64.3 Å². The van der Waals surface area contributed by atoms with Crippen LogP contribution >= 0.6 is 0 Å². The molecule has 1 N–H and O–H groups in total. The van der Waals surface area contributed by atoms with E-state index in [1.165, 1.54) is 50.7 Å². The minimum absolute atomic E-state index is 0.0134. The van der Waals surface area contributed by atoms with Gasteiger partial charge in [-0.25, -0.2) is 0 Å². The van der Waals surface area contributed by atoms with Crippen molar-refractivity contribution in [2.24, 2.45) is 23.2 Å². The van der Waals surface area contributed by atoms with Crippen molar-refractivity contribution >= 4 is 17.3 Å². The molecule has 4 aliphatic carbocycles. The van der Waals surface area contributed by atoms with Crippen LogP contribution in [0.4, 0.5) is 11.4 Å². The second kappa shape index (κ2) is 6.99. The molecular weight excluding hydrogens is 366 g/mol. The first-order valence-corrected chi connectivity index (χ1v) is 11.3. The Morgan fingerprint density at radius 2 is 1.72 bits per heavy atom. The Kier molecular flexibility index (Phi) is 4.56. The summed E-state index contributed by atoms with van der Waals surface area (Å²) in [4.78, 5) is 26.4. The number of nitro benzene ring substituents is 1. The van der Waals surface area contributed by atoms with E-state index in [1.54, 1.807) is 6.07 Å². The second-order valence-corrected chi connectivity index (χ2v) is 10.1. The zero-order chi connectivity index (χ0) is 20.2. The number of hydrogen-bond donors (Lipinski definition) is 1. The van der Waals surface area contributed by atoms with Gasteiger partial charge < -0.3 is 10.2 Å². The molecule has 1 atom stereocenters. The topological polar surface area (TPSA) is 75.5 Å². The van der Waals surface area contributed by atoms with Gasteiger partial charge in [0.15, 0.2) is 0 Å². The number of benzene rings is 1. The van der Waals surface area contributed by atoms with Crippen LogP contribution in [-0.2, 0) is 0 Å². The summed E-state index contributed by atoms with van der Waals surface area (Å²) in [5.41, 5.74) is 1.50. The zero-order valence-corrected chi connectivity index (χ0v) is 17.2. The molecule has 4 bridgehead atoms. The smallest absolute Gasteiger partial charge is 0.270 e. The summed E-state index contributed by atoms with van der Waals surface area (Å²) in [6.07, 6.45) is 10.0. The van der Waals surface area contributed by atoms with Gasteiger partial charge in [-0.3, -0.25) is 14.9 Å². The lowest BCUT2D eigenvalue weighted by atomic mass is 9.48. The number of nitro groups is 1. The van der Waals surface area contributed by atoms with Crippen molar-refractivity contribution < 1.29 is 9.72 Å². The molecule has 1 saturated heterocycles. The summed E-state index contributed by atoms with van der Waals surface area (Å²) >= 11 is 0. The SMILES string of the molecule is CC(NC(=O)c1cc([N+](=O)[O-])ccc1N1CCCC1)C12CC3CC(CC(C3)C1)C2. The molecule has 1 heterocycles. The van der Waals surface area contributed by atoms with Crippen molar-refractivity contribution in [1.29, 1.82) is 0 Å². The number of amides is 1. The molecule has 29 heavy (non-hydrogen) atoms. The number of non-ortho nitro benzene ring substituents is 1. The van der Waals surface area contributed by atoms with Gasteiger partial charge in [0.05, 0.1) is 16.2 Å². The maximum atomic E-state index is 13.3. The molecule has 1 amide bonds. The van der Waals surface area contributed by atoms with E-state index in [0.29, 0.717) is 5.56 Å². The van der Waals surface area contributed by atoms with E-state index in [2.05, 4.69) is 17.1 Å². The van der Waals surface area contributed by atoms with Crippen LogP contribution < -0.4 is 10.2 Å². The first-order chi connectivity index (χ1) is 13.9. The van der Waals surface area contributed by atoms with Gasteiger partial charge in [-0.2, -0.15) is 0 Å². The van der Waals surface area contributed by atoms with Gasteiger partial charge in [-0.15, -0.1) is 0 Å². The van der Waals surface area contributed by atoms with Crippen molar-refractivity contribution in [1.82, 2.24) is 5.32 Å². The average Bonchev–Trinajstić information content (AvgIpc) is 3.21.